The highest BCUT2D eigenvalue weighted by Gasteiger charge is 2.13. The molecule has 0 amide bonds. The molecule has 0 unspecified atom stereocenters. The fourth-order valence-electron chi connectivity index (χ4n) is 1.38. The lowest BCUT2D eigenvalue weighted by Crippen LogP contribution is -2.05. The third-order valence-electron chi connectivity index (χ3n) is 2.06. The number of hydrogen-bond acceptors (Lipinski definition) is 2. The molecule has 0 aliphatic rings. The molecule has 1 aromatic carbocycles. The van der Waals surface area contributed by atoms with E-state index in [4.69, 9.17) is 16.3 Å². The van der Waals surface area contributed by atoms with Crippen LogP contribution in [0.5, 0.6) is 5.75 Å². The van der Waals surface area contributed by atoms with Gasteiger partial charge < -0.3 is 4.74 Å². The van der Waals surface area contributed by atoms with Crippen LogP contribution in [0.2, 0.25) is 5.02 Å². The average Bonchev–Trinajstić information content (AvgIpc) is 2.16. The van der Waals surface area contributed by atoms with Gasteiger partial charge >= 0.3 is 0 Å². The molecule has 1 aromatic rings. The van der Waals surface area contributed by atoms with Crippen molar-refractivity contribution in [2.75, 3.05) is 7.11 Å². The minimum absolute atomic E-state index is 0.0735. The van der Waals surface area contributed by atoms with Crippen molar-refractivity contribution in [2.24, 2.45) is 5.92 Å². The fourth-order valence-corrected chi connectivity index (χ4v) is 1.55. The third-order valence-corrected chi connectivity index (χ3v) is 2.29. The van der Waals surface area contributed by atoms with Crippen LogP contribution >= 0.6 is 11.6 Å². The highest BCUT2D eigenvalue weighted by molar-refractivity contribution is 6.31. The van der Waals surface area contributed by atoms with Gasteiger partial charge in [0.1, 0.15) is 5.75 Å². The summed E-state index contributed by atoms with van der Waals surface area (Å²) >= 11 is 5.85. The molecule has 0 saturated heterocycles. The zero-order valence-corrected chi connectivity index (χ0v) is 9.97. The fraction of sp³-hybridized carbons (Fsp3) is 0.417. The van der Waals surface area contributed by atoms with E-state index >= 15 is 0 Å². The Kier molecular flexibility index (Phi) is 4.15. The van der Waals surface area contributed by atoms with E-state index in [1.807, 2.05) is 13.8 Å². The number of ketones is 1. The first-order valence-electron chi connectivity index (χ1n) is 4.91. The largest absolute Gasteiger partial charge is 0.496 e. The van der Waals surface area contributed by atoms with E-state index in [2.05, 4.69) is 0 Å². The van der Waals surface area contributed by atoms with Gasteiger partial charge in [-0.3, -0.25) is 4.79 Å². The van der Waals surface area contributed by atoms with E-state index in [0.717, 1.165) is 0 Å². The maximum Gasteiger partial charge on any atom is 0.166 e. The van der Waals surface area contributed by atoms with Crippen LogP contribution in [0.25, 0.3) is 0 Å². The van der Waals surface area contributed by atoms with Crippen molar-refractivity contribution < 1.29 is 9.53 Å². The topological polar surface area (TPSA) is 26.3 Å². The standard InChI is InChI=1S/C12H15ClO2/c1-8(2)6-11(14)10-7-9(13)4-5-12(10)15-3/h4-5,7-8H,6H2,1-3H3. The van der Waals surface area contributed by atoms with Crippen molar-refractivity contribution >= 4 is 17.4 Å². The molecule has 82 valence electrons. The van der Waals surface area contributed by atoms with Gasteiger partial charge in [0, 0.05) is 11.4 Å². The first-order chi connectivity index (χ1) is 7.04. The van der Waals surface area contributed by atoms with Gasteiger partial charge in [0.05, 0.1) is 12.7 Å². The van der Waals surface area contributed by atoms with Gasteiger partial charge in [0.15, 0.2) is 5.78 Å². The molecule has 15 heavy (non-hydrogen) atoms. The first kappa shape index (κ1) is 12.1. The average molecular weight is 227 g/mol. The summed E-state index contributed by atoms with van der Waals surface area (Å²) in [6.07, 6.45) is 0.511. The molecule has 0 saturated carbocycles. The molecule has 0 heterocycles. The van der Waals surface area contributed by atoms with E-state index in [1.165, 1.54) is 0 Å². The molecule has 0 aliphatic heterocycles. The first-order valence-corrected chi connectivity index (χ1v) is 5.29. The molecule has 0 atom stereocenters. The van der Waals surface area contributed by atoms with E-state index in [1.54, 1.807) is 25.3 Å². The molecule has 0 N–H and O–H groups in total. The second-order valence-electron chi connectivity index (χ2n) is 3.87. The Labute approximate surface area is 95.2 Å². The van der Waals surface area contributed by atoms with Crippen LogP contribution in [0.15, 0.2) is 18.2 Å². The van der Waals surface area contributed by atoms with Crippen LogP contribution in [0.1, 0.15) is 30.6 Å². The van der Waals surface area contributed by atoms with Crippen molar-refractivity contribution in [2.45, 2.75) is 20.3 Å². The second-order valence-corrected chi connectivity index (χ2v) is 4.30. The van der Waals surface area contributed by atoms with Crippen LogP contribution in [-0.2, 0) is 0 Å². The number of carbonyl (C=O) groups excluding carboxylic acids is 1. The van der Waals surface area contributed by atoms with E-state index in [-0.39, 0.29) is 5.78 Å². The van der Waals surface area contributed by atoms with E-state index in [9.17, 15) is 4.79 Å². The molecular weight excluding hydrogens is 212 g/mol. The molecular formula is C12H15ClO2. The van der Waals surface area contributed by atoms with Crippen LogP contribution < -0.4 is 4.74 Å². The lowest BCUT2D eigenvalue weighted by atomic mass is 10.0. The summed E-state index contributed by atoms with van der Waals surface area (Å²) in [6, 6.07) is 5.09. The SMILES string of the molecule is COc1ccc(Cl)cc1C(=O)CC(C)C. The molecule has 0 aromatic heterocycles. The summed E-state index contributed by atoms with van der Waals surface area (Å²) in [6.45, 7) is 4.02. The number of hydrogen-bond donors (Lipinski definition) is 0. The number of Topliss-reactive ketones (excluding diaryl/α,β-unsaturated/α-hetero) is 1. The van der Waals surface area contributed by atoms with E-state index < -0.39 is 0 Å². The monoisotopic (exact) mass is 226 g/mol. The summed E-state index contributed by atoms with van der Waals surface area (Å²) in [5.41, 5.74) is 0.568. The lowest BCUT2D eigenvalue weighted by molar-refractivity contribution is 0.0965. The highest BCUT2D eigenvalue weighted by Crippen LogP contribution is 2.24. The van der Waals surface area contributed by atoms with Crippen LogP contribution in [0.3, 0.4) is 0 Å². The van der Waals surface area contributed by atoms with Crippen LogP contribution in [-0.4, -0.2) is 12.9 Å². The Morgan fingerprint density at radius 2 is 2.13 bits per heavy atom. The summed E-state index contributed by atoms with van der Waals surface area (Å²) < 4.78 is 5.12. The van der Waals surface area contributed by atoms with Gasteiger partial charge in [-0.05, 0) is 24.1 Å². The zero-order valence-electron chi connectivity index (χ0n) is 9.21. The second kappa shape index (κ2) is 5.17. The van der Waals surface area contributed by atoms with Crippen molar-refractivity contribution in [1.29, 1.82) is 0 Å². The lowest BCUT2D eigenvalue weighted by Gasteiger charge is -2.09. The van der Waals surface area contributed by atoms with E-state index in [0.29, 0.717) is 28.7 Å². The number of benzene rings is 1. The van der Waals surface area contributed by atoms with Crippen molar-refractivity contribution in [1.82, 2.24) is 0 Å². The maximum absolute atomic E-state index is 11.8. The summed E-state index contributed by atoms with van der Waals surface area (Å²) in [4.78, 5) is 11.8. The van der Waals surface area contributed by atoms with Crippen molar-refractivity contribution in [3.63, 3.8) is 0 Å². The number of methoxy groups -OCH3 is 1. The molecule has 0 spiro atoms. The smallest absolute Gasteiger partial charge is 0.166 e. The van der Waals surface area contributed by atoms with Gasteiger partial charge in [0.25, 0.3) is 0 Å². The highest BCUT2D eigenvalue weighted by atomic mass is 35.5. The van der Waals surface area contributed by atoms with Gasteiger partial charge in [-0.25, -0.2) is 0 Å². The molecule has 0 aliphatic carbocycles. The van der Waals surface area contributed by atoms with Crippen LogP contribution in [0.4, 0.5) is 0 Å². The number of carbonyl (C=O) groups is 1. The van der Waals surface area contributed by atoms with Gasteiger partial charge in [-0.2, -0.15) is 0 Å². The molecule has 3 heteroatoms. The van der Waals surface area contributed by atoms with Crippen LogP contribution in [0, 0.1) is 5.92 Å². The molecule has 0 radical (unpaired) electrons. The normalized spacial score (nSPS) is 10.5. The minimum Gasteiger partial charge on any atom is -0.496 e. The Bertz CT molecular complexity index is 359. The van der Waals surface area contributed by atoms with Gasteiger partial charge in [-0.1, -0.05) is 25.4 Å². The minimum atomic E-state index is 0.0735. The Morgan fingerprint density at radius 3 is 2.67 bits per heavy atom. The van der Waals surface area contributed by atoms with Crippen molar-refractivity contribution in [3.05, 3.63) is 28.8 Å². The quantitative estimate of drug-likeness (QED) is 0.734. The molecule has 1 rings (SSSR count). The van der Waals surface area contributed by atoms with Gasteiger partial charge in [0.2, 0.25) is 0 Å². The summed E-state index contributed by atoms with van der Waals surface area (Å²) in [7, 11) is 1.55. The number of halogens is 1. The summed E-state index contributed by atoms with van der Waals surface area (Å²) in [5.74, 6) is 0.996. The predicted octanol–water partition coefficient (Wildman–Crippen LogP) is 3.58. The summed E-state index contributed by atoms with van der Waals surface area (Å²) in [5, 5.41) is 0.558. The molecule has 2 nitrogen and oxygen atoms in total. The van der Waals surface area contributed by atoms with Gasteiger partial charge in [-0.15, -0.1) is 0 Å². The zero-order chi connectivity index (χ0) is 11.4. The molecule has 0 fully saturated rings. The third kappa shape index (κ3) is 3.24. The number of ether oxygens (including phenoxy) is 1. The van der Waals surface area contributed by atoms with Crippen molar-refractivity contribution in [3.8, 4) is 5.75 Å². The molecule has 0 bridgehead atoms. The Morgan fingerprint density at radius 1 is 1.47 bits per heavy atom. The Hall–Kier alpha value is -1.02. The predicted molar refractivity (Wildman–Crippen MR) is 61.8 cm³/mol. The maximum atomic E-state index is 11.8. The number of rotatable bonds is 4. The Balaban J connectivity index is 3.00.